The van der Waals surface area contributed by atoms with Crippen LogP contribution in [0.25, 0.3) is 20.7 Å². The number of thiazole rings is 1. The van der Waals surface area contributed by atoms with E-state index in [1.807, 2.05) is 60.0 Å². The summed E-state index contributed by atoms with van der Waals surface area (Å²) >= 11 is 9.12. The molecule has 0 aliphatic rings. The van der Waals surface area contributed by atoms with Gasteiger partial charge in [0, 0.05) is 18.1 Å². The third-order valence-corrected chi connectivity index (χ3v) is 6.21. The molecule has 0 radical (unpaired) electrons. The molecule has 0 spiro atoms. The monoisotopic (exact) mass is 428 g/mol. The Hall–Kier alpha value is -2.61. The lowest BCUT2D eigenvalue weighted by Crippen LogP contribution is -2.32. The highest BCUT2D eigenvalue weighted by Crippen LogP contribution is 2.34. The Morgan fingerprint density at radius 2 is 1.86 bits per heavy atom. The molecule has 2 heterocycles. The predicted octanol–water partition coefficient (Wildman–Crippen LogP) is 5.91. The van der Waals surface area contributed by atoms with Gasteiger partial charge in [-0.3, -0.25) is 0 Å². The van der Waals surface area contributed by atoms with Crippen LogP contribution in [-0.4, -0.2) is 24.1 Å². The standard InChI is InChI=1S/C20H17ClN4OS2/c21-14-7-5-13(6-8-14)18-16(9-12-27-18)24-19(26)22-10-11-23-20-25-15-3-1-2-4-17(15)28-20/h1-9,12H,10-11H2,(H,23,25)(H2,22,24,26). The fourth-order valence-electron chi connectivity index (χ4n) is 2.69. The number of amides is 2. The Kier molecular flexibility index (Phi) is 5.76. The summed E-state index contributed by atoms with van der Waals surface area (Å²) in [7, 11) is 0. The van der Waals surface area contributed by atoms with Gasteiger partial charge in [0.25, 0.3) is 0 Å². The molecular formula is C20H17ClN4OS2. The average Bonchev–Trinajstić information content (AvgIpc) is 3.32. The molecule has 0 aliphatic heterocycles. The predicted molar refractivity (Wildman–Crippen MR) is 120 cm³/mol. The number of halogens is 1. The van der Waals surface area contributed by atoms with Crippen molar-refractivity contribution in [3.8, 4) is 10.4 Å². The third-order valence-electron chi connectivity index (χ3n) is 4.00. The van der Waals surface area contributed by atoms with E-state index in [1.54, 1.807) is 22.7 Å². The van der Waals surface area contributed by atoms with Crippen LogP contribution in [-0.2, 0) is 0 Å². The molecule has 5 nitrogen and oxygen atoms in total. The molecule has 0 saturated carbocycles. The van der Waals surface area contributed by atoms with Crippen molar-refractivity contribution >= 4 is 61.3 Å². The summed E-state index contributed by atoms with van der Waals surface area (Å²) in [5.41, 5.74) is 2.78. The van der Waals surface area contributed by atoms with Crippen molar-refractivity contribution in [2.45, 2.75) is 0 Å². The van der Waals surface area contributed by atoms with Crippen LogP contribution in [0.3, 0.4) is 0 Å². The van der Waals surface area contributed by atoms with Gasteiger partial charge >= 0.3 is 6.03 Å². The Bertz CT molecular complexity index is 1060. The minimum atomic E-state index is -0.236. The maximum absolute atomic E-state index is 12.2. The number of para-hydroxylation sites is 1. The van der Waals surface area contributed by atoms with E-state index < -0.39 is 0 Å². The highest BCUT2D eigenvalue weighted by molar-refractivity contribution is 7.22. The van der Waals surface area contributed by atoms with E-state index in [1.165, 1.54) is 0 Å². The number of carbonyl (C=O) groups excluding carboxylic acids is 1. The number of aromatic nitrogens is 1. The lowest BCUT2D eigenvalue weighted by Gasteiger charge is -2.09. The number of urea groups is 1. The molecule has 0 fully saturated rings. The molecule has 2 aromatic heterocycles. The number of nitrogens with one attached hydrogen (secondary N) is 3. The van der Waals surface area contributed by atoms with E-state index in [0.29, 0.717) is 18.1 Å². The van der Waals surface area contributed by atoms with Gasteiger partial charge in [0.2, 0.25) is 0 Å². The van der Waals surface area contributed by atoms with E-state index in [-0.39, 0.29) is 6.03 Å². The van der Waals surface area contributed by atoms with Crippen LogP contribution in [0.1, 0.15) is 0 Å². The second kappa shape index (κ2) is 8.60. The summed E-state index contributed by atoms with van der Waals surface area (Å²) in [5.74, 6) is 0. The van der Waals surface area contributed by atoms with Crippen LogP contribution in [0, 0.1) is 0 Å². The first-order valence-electron chi connectivity index (χ1n) is 8.67. The van der Waals surface area contributed by atoms with Gasteiger partial charge in [0.05, 0.1) is 20.8 Å². The van der Waals surface area contributed by atoms with E-state index >= 15 is 0 Å². The summed E-state index contributed by atoms with van der Waals surface area (Å²) in [4.78, 5) is 17.7. The Morgan fingerprint density at radius 3 is 2.68 bits per heavy atom. The van der Waals surface area contributed by atoms with Gasteiger partial charge in [-0.2, -0.15) is 0 Å². The zero-order valence-corrected chi connectivity index (χ0v) is 17.1. The van der Waals surface area contributed by atoms with Gasteiger partial charge in [-0.05, 0) is 41.3 Å². The lowest BCUT2D eigenvalue weighted by atomic mass is 10.2. The summed E-state index contributed by atoms with van der Waals surface area (Å²) in [5, 5.41) is 12.5. The number of hydrogen-bond acceptors (Lipinski definition) is 5. The van der Waals surface area contributed by atoms with Crippen LogP contribution in [0.2, 0.25) is 5.02 Å². The molecule has 28 heavy (non-hydrogen) atoms. The Labute approximate surface area is 175 Å². The number of rotatable bonds is 6. The topological polar surface area (TPSA) is 66.0 Å². The zero-order valence-electron chi connectivity index (χ0n) is 14.7. The highest BCUT2D eigenvalue weighted by atomic mass is 35.5. The number of hydrogen-bond donors (Lipinski definition) is 3. The van der Waals surface area contributed by atoms with Crippen molar-refractivity contribution in [2.75, 3.05) is 23.7 Å². The zero-order chi connectivity index (χ0) is 19.3. The summed E-state index contributed by atoms with van der Waals surface area (Å²) in [6, 6.07) is 17.2. The van der Waals surface area contributed by atoms with Crippen LogP contribution < -0.4 is 16.0 Å². The van der Waals surface area contributed by atoms with Crippen LogP contribution in [0.5, 0.6) is 0 Å². The van der Waals surface area contributed by atoms with Crippen molar-refractivity contribution in [3.63, 3.8) is 0 Å². The van der Waals surface area contributed by atoms with Gasteiger partial charge < -0.3 is 16.0 Å². The van der Waals surface area contributed by atoms with E-state index in [2.05, 4.69) is 20.9 Å². The van der Waals surface area contributed by atoms with Crippen molar-refractivity contribution < 1.29 is 4.79 Å². The lowest BCUT2D eigenvalue weighted by molar-refractivity contribution is 0.252. The summed E-state index contributed by atoms with van der Waals surface area (Å²) in [6.07, 6.45) is 0. The second-order valence-corrected chi connectivity index (χ2v) is 8.35. The minimum Gasteiger partial charge on any atom is -0.360 e. The normalized spacial score (nSPS) is 10.8. The van der Waals surface area contributed by atoms with Gasteiger partial charge in [0.1, 0.15) is 0 Å². The number of fused-ring (bicyclic) bond motifs is 1. The van der Waals surface area contributed by atoms with Gasteiger partial charge in [-0.25, -0.2) is 9.78 Å². The molecule has 4 rings (SSSR count). The number of anilines is 2. The Balaban J connectivity index is 1.28. The summed E-state index contributed by atoms with van der Waals surface area (Å²) < 4.78 is 1.14. The second-order valence-electron chi connectivity index (χ2n) is 5.96. The molecule has 0 atom stereocenters. The maximum Gasteiger partial charge on any atom is 0.319 e. The largest absolute Gasteiger partial charge is 0.360 e. The molecular weight excluding hydrogens is 412 g/mol. The van der Waals surface area contributed by atoms with Gasteiger partial charge in [-0.1, -0.05) is 47.2 Å². The van der Waals surface area contributed by atoms with Gasteiger partial charge in [0.15, 0.2) is 5.13 Å². The minimum absolute atomic E-state index is 0.236. The van der Waals surface area contributed by atoms with Crippen molar-refractivity contribution in [3.05, 3.63) is 65.0 Å². The van der Waals surface area contributed by atoms with E-state index in [9.17, 15) is 4.79 Å². The van der Waals surface area contributed by atoms with Gasteiger partial charge in [-0.15, -0.1) is 11.3 Å². The number of nitrogens with zero attached hydrogens (tertiary/aromatic N) is 1. The number of carbonyl (C=O) groups is 1. The molecule has 0 aliphatic carbocycles. The van der Waals surface area contributed by atoms with E-state index in [0.717, 1.165) is 31.5 Å². The molecule has 0 saturated heterocycles. The quantitative estimate of drug-likeness (QED) is 0.334. The van der Waals surface area contributed by atoms with Crippen LogP contribution >= 0.6 is 34.3 Å². The number of benzene rings is 2. The average molecular weight is 429 g/mol. The molecule has 2 aromatic carbocycles. The van der Waals surface area contributed by atoms with E-state index in [4.69, 9.17) is 11.6 Å². The van der Waals surface area contributed by atoms with Crippen LogP contribution in [0.4, 0.5) is 15.6 Å². The first-order valence-corrected chi connectivity index (χ1v) is 10.7. The molecule has 3 N–H and O–H groups in total. The smallest absolute Gasteiger partial charge is 0.319 e. The highest BCUT2D eigenvalue weighted by Gasteiger charge is 2.10. The Morgan fingerprint density at radius 1 is 1.04 bits per heavy atom. The summed E-state index contributed by atoms with van der Waals surface area (Å²) in [6.45, 7) is 1.09. The fraction of sp³-hybridized carbons (Fsp3) is 0.100. The molecule has 0 unspecified atom stereocenters. The molecule has 142 valence electrons. The van der Waals surface area contributed by atoms with Crippen molar-refractivity contribution in [1.82, 2.24) is 10.3 Å². The molecule has 8 heteroatoms. The number of thiophene rings is 1. The maximum atomic E-state index is 12.2. The SMILES string of the molecule is O=C(NCCNc1nc2ccccc2s1)Nc1ccsc1-c1ccc(Cl)cc1. The molecule has 2 amide bonds. The van der Waals surface area contributed by atoms with Crippen molar-refractivity contribution in [1.29, 1.82) is 0 Å². The van der Waals surface area contributed by atoms with Crippen LogP contribution in [0.15, 0.2) is 60.0 Å². The molecule has 0 bridgehead atoms. The van der Waals surface area contributed by atoms with Crippen molar-refractivity contribution in [2.24, 2.45) is 0 Å². The first kappa shape index (κ1) is 18.7. The first-order chi connectivity index (χ1) is 13.7. The third kappa shape index (κ3) is 4.44. The fourth-order valence-corrected chi connectivity index (χ4v) is 4.57. The molecule has 4 aromatic rings.